The van der Waals surface area contributed by atoms with Crippen LogP contribution in [0.25, 0.3) is 0 Å². The van der Waals surface area contributed by atoms with E-state index in [0.717, 1.165) is 0 Å². The molecule has 1 saturated heterocycles. The molecule has 0 unspecified atom stereocenters. The third kappa shape index (κ3) is 4.60. The molecule has 5 nitrogen and oxygen atoms in total. The van der Waals surface area contributed by atoms with E-state index in [2.05, 4.69) is 0 Å². The molecular weight excluding hydrogens is 414 g/mol. The van der Waals surface area contributed by atoms with E-state index in [1.54, 1.807) is 17.0 Å². The predicted octanol–water partition coefficient (Wildman–Crippen LogP) is 3.21. The highest BCUT2D eigenvalue weighted by Gasteiger charge is 2.30. The number of halogens is 3. The Morgan fingerprint density at radius 3 is 2.19 bits per heavy atom. The van der Waals surface area contributed by atoms with Gasteiger partial charge in [0.25, 0.3) is 0 Å². The first-order valence-electron chi connectivity index (χ1n) is 8.25. The van der Waals surface area contributed by atoms with Crippen LogP contribution in [-0.4, -0.2) is 49.7 Å². The van der Waals surface area contributed by atoms with Gasteiger partial charge in [0.15, 0.2) is 0 Å². The van der Waals surface area contributed by atoms with Gasteiger partial charge >= 0.3 is 0 Å². The summed E-state index contributed by atoms with van der Waals surface area (Å²) in [5, 5.41) is 0.456. The SMILES string of the molecule is O=C(Cc1ccc(F)cc1)N1CCN(S(=O)(=O)c2ccc(Cl)c(Cl)c2)CC1. The number of carbonyl (C=O) groups is 1. The van der Waals surface area contributed by atoms with Crippen molar-refractivity contribution in [3.05, 3.63) is 63.9 Å². The molecule has 1 fully saturated rings. The van der Waals surface area contributed by atoms with Crippen LogP contribution in [0.15, 0.2) is 47.4 Å². The number of sulfonamides is 1. The van der Waals surface area contributed by atoms with Crippen LogP contribution in [0, 0.1) is 5.82 Å². The molecule has 0 N–H and O–H groups in total. The molecule has 2 aromatic rings. The van der Waals surface area contributed by atoms with Gasteiger partial charge in [0.1, 0.15) is 5.82 Å². The summed E-state index contributed by atoms with van der Waals surface area (Å²) in [6, 6.07) is 9.94. The van der Waals surface area contributed by atoms with Crippen molar-refractivity contribution in [3.63, 3.8) is 0 Å². The van der Waals surface area contributed by atoms with Gasteiger partial charge in [-0.1, -0.05) is 35.3 Å². The lowest BCUT2D eigenvalue weighted by molar-refractivity contribution is -0.131. The molecule has 27 heavy (non-hydrogen) atoms. The van der Waals surface area contributed by atoms with E-state index >= 15 is 0 Å². The Kier molecular flexibility index (Phi) is 6.05. The van der Waals surface area contributed by atoms with Gasteiger partial charge in [-0.15, -0.1) is 0 Å². The maximum atomic E-state index is 12.9. The zero-order valence-electron chi connectivity index (χ0n) is 14.2. The molecule has 0 spiro atoms. The Labute approximate surface area is 167 Å². The highest BCUT2D eigenvalue weighted by atomic mass is 35.5. The molecule has 1 aliphatic heterocycles. The molecule has 2 aromatic carbocycles. The number of amides is 1. The quantitative estimate of drug-likeness (QED) is 0.747. The van der Waals surface area contributed by atoms with Gasteiger partial charge in [-0.25, -0.2) is 12.8 Å². The van der Waals surface area contributed by atoms with Crippen LogP contribution in [-0.2, 0) is 21.2 Å². The Bertz CT molecular complexity index is 944. The first-order valence-corrected chi connectivity index (χ1v) is 10.4. The van der Waals surface area contributed by atoms with Crippen molar-refractivity contribution in [2.24, 2.45) is 0 Å². The van der Waals surface area contributed by atoms with E-state index in [-0.39, 0.29) is 46.2 Å². The summed E-state index contributed by atoms with van der Waals surface area (Å²) >= 11 is 11.8. The first kappa shape index (κ1) is 20.1. The number of rotatable bonds is 4. The number of benzene rings is 2. The van der Waals surface area contributed by atoms with Gasteiger partial charge in [0, 0.05) is 26.2 Å². The third-order valence-electron chi connectivity index (χ3n) is 4.39. The summed E-state index contributed by atoms with van der Waals surface area (Å²) in [5.74, 6) is -0.472. The molecular formula is C18H17Cl2FN2O3S. The lowest BCUT2D eigenvalue weighted by atomic mass is 10.1. The van der Waals surface area contributed by atoms with Crippen LogP contribution in [0.4, 0.5) is 4.39 Å². The molecule has 0 radical (unpaired) electrons. The van der Waals surface area contributed by atoms with Crippen molar-refractivity contribution >= 4 is 39.1 Å². The highest BCUT2D eigenvalue weighted by molar-refractivity contribution is 7.89. The van der Waals surface area contributed by atoms with Crippen LogP contribution in [0.5, 0.6) is 0 Å². The van der Waals surface area contributed by atoms with Crippen molar-refractivity contribution < 1.29 is 17.6 Å². The van der Waals surface area contributed by atoms with E-state index < -0.39 is 10.0 Å². The Hall–Kier alpha value is -1.67. The largest absolute Gasteiger partial charge is 0.340 e. The fourth-order valence-corrected chi connectivity index (χ4v) is 4.66. The van der Waals surface area contributed by atoms with E-state index in [1.165, 1.54) is 34.6 Å². The minimum Gasteiger partial charge on any atom is -0.340 e. The summed E-state index contributed by atoms with van der Waals surface area (Å²) in [4.78, 5) is 14.1. The zero-order chi connectivity index (χ0) is 19.6. The normalized spacial score (nSPS) is 15.7. The van der Waals surface area contributed by atoms with E-state index in [0.29, 0.717) is 18.7 Å². The van der Waals surface area contributed by atoms with Gasteiger partial charge in [0.05, 0.1) is 21.4 Å². The van der Waals surface area contributed by atoms with E-state index in [4.69, 9.17) is 23.2 Å². The summed E-state index contributed by atoms with van der Waals surface area (Å²) in [5.41, 5.74) is 0.715. The van der Waals surface area contributed by atoms with Crippen LogP contribution in [0.3, 0.4) is 0 Å². The monoisotopic (exact) mass is 430 g/mol. The molecule has 0 aliphatic carbocycles. The number of carbonyl (C=O) groups excluding carboxylic acids is 1. The van der Waals surface area contributed by atoms with E-state index in [9.17, 15) is 17.6 Å². The molecule has 1 heterocycles. The fraction of sp³-hybridized carbons (Fsp3) is 0.278. The second kappa shape index (κ2) is 8.14. The molecule has 1 amide bonds. The smallest absolute Gasteiger partial charge is 0.243 e. The summed E-state index contributed by atoms with van der Waals surface area (Å²) in [7, 11) is -3.70. The minimum absolute atomic E-state index is 0.0722. The Balaban J connectivity index is 1.63. The average Bonchev–Trinajstić information content (AvgIpc) is 2.66. The summed E-state index contributed by atoms with van der Waals surface area (Å²) in [6.07, 6.45) is 0.153. The highest BCUT2D eigenvalue weighted by Crippen LogP contribution is 2.27. The number of hydrogen-bond donors (Lipinski definition) is 0. The van der Waals surface area contributed by atoms with E-state index in [1.807, 2.05) is 0 Å². The maximum absolute atomic E-state index is 12.9. The van der Waals surface area contributed by atoms with Crippen molar-refractivity contribution in [2.75, 3.05) is 26.2 Å². The van der Waals surface area contributed by atoms with Crippen molar-refractivity contribution in [3.8, 4) is 0 Å². The van der Waals surface area contributed by atoms with Gasteiger partial charge in [-0.05, 0) is 35.9 Å². The Morgan fingerprint density at radius 2 is 1.59 bits per heavy atom. The summed E-state index contributed by atoms with van der Waals surface area (Å²) < 4.78 is 39.7. The minimum atomic E-state index is -3.70. The second-order valence-corrected chi connectivity index (χ2v) is 8.92. The Morgan fingerprint density at radius 1 is 0.963 bits per heavy atom. The zero-order valence-corrected chi connectivity index (χ0v) is 16.6. The lowest BCUT2D eigenvalue weighted by Gasteiger charge is -2.34. The molecule has 144 valence electrons. The molecule has 3 rings (SSSR count). The number of piperazine rings is 1. The first-order chi connectivity index (χ1) is 12.8. The van der Waals surface area contributed by atoms with Gasteiger partial charge in [0.2, 0.25) is 15.9 Å². The average molecular weight is 431 g/mol. The van der Waals surface area contributed by atoms with Crippen molar-refractivity contribution in [2.45, 2.75) is 11.3 Å². The molecule has 1 aliphatic rings. The maximum Gasteiger partial charge on any atom is 0.243 e. The molecule has 0 bridgehead atoms. The lowest BCUT2D eigenvalue weighted by Crippen LogP contribution is -2.50. The second-order valence-electron chi connectivity index (χ2n) is 6.16. The van der Waals surface area contributed by atoms with Crippen molar-refractivity contribution in [1.82, 2.24) is 9.21 Å². The van der Waals surface area contributed by atoms with Crippen LogP contribution in [0.2, 0.25) is 10.0 Å². The predicted molar refractivity (Wildman–Crippen MR) is 102 cm³/mol. The van der Waals surface area contributed by atoms with Gasteiger partial charge in [-0.2, -0.15) is 4.31 Å². The van der Waals surface area contributed by atoms with Crippen molar-refractivity contribution in [1.29, 1.82) is 0 Å². The van der Waals surface area contributed by atoms with Crippen LogP contribution in [0.1, 0.15) is 5.56 Å². The molecule has 0 saturated carbocycles. The summed E-state index contributed by atoms with van der Waals surface area (Å²) in [6.45, 7) is 0.969. The number of hydrogen-bond acceptors (Lipinski definition) is 3. The molecule has 0 aromatic heterocycles. The fourth-order valence-electron chi connectivity index (χ4n) is 2.85. The number of nitrogens with zero attached hydrogens (tertiary/aromatic N) is 2. The molecule has 9 heteroatoms. The topological polar surface area (TPSA) is 57.7 Å². The third-order valence-corrected chi connectivity index (χ3v) is 7.02. The molecule has 0 atom stereocenters. The van der Waals surface area contributed by atoms with Gasteiger partial charge in [-0.3, -0.25) is 4.79 Å². The standard InChI is InChI=1S/C18H17Cl2FN2O3S/c19-16-6-5-15(12-17(16)20)27(25,26)23-9-7-22(8-10-23)18(24)11-13-1-3-14(21)4-2-13/h1-6,12H,7-11H2. The van der Waals surface area contributed by atoms with Gasteiger partial charge < -0.3 is 4.90 Å². The van der Waals surface area contributed by atoms with Crippen LogP contribution >= 0.6 is 23.2 Å². The van der Waals surface area contributed by atoms with Crippen LogP contribution < -0.4 is 0 Å².